The second kappa shape index (κ2) is 34.0. The fourth-order valence-electron chi connectivity index (χ4n) is 11.6. The third kappa shape index (κ3) is 23.7. The van der Waals surface area contributed by atoms with Gasteiger partial charge in [0.25, 0.3) is 0 Å². The van der Waals surface area contributed by atoms with E-state index in [1.54, 1.807) is 26.1 Å². The Hall–Kier alpha value is -4.34. The van der Waals surface area contributed by atoms with Gasteiger partial charge in [-0.1, -0.05) is 144 Å². The molecule has 0 aliphatic carbocycles. The summed E-state index contributed by atoms with van der Waals surface area (Å²) < 4.78 is 90.7. The van der Waals surface area contributed by atoms with Crippen molar-refractivity contribution in [3.63, 3.8) is 0 Å². The van der Waals surface area contributed by atoms with Gasteiger partial charge in [-0.05, 0) is 147 Å². The molecule has 0 radical (unpaired) electrons. The minimum atomic E-state index is -5.44. The van der Waals surface area contributed by atoms with E-state index in [9.17, 15) is 22.8 Å². The fourth-order valence-corrected chi connectivity index (χ4v) is 19.6. The second-order valence-corrected chi connectivity index (χ2v) is 68.3. The summed E-state index contributed by atoms with van der Waals surface area (Å²) in [5.41, 5.74) is 0.692. The molecule has 0 bridgehead atoms. The Morgan fingerprint density at radius 3 is 1.44 bits per heavy atom. The third-order valence-electron chi connectivity index (χ3n) is 24.9. The molecule has 2 unspecified atom stereocenters. The van der Waals surface area contributed by atoms with Gasteiger partial charge >= 0.3 is 19.1 Å². The predicted molar refractivity (Wildman–Crippen MR) is 433 cm³/mol. The third-order valence-corrected chi connectivity index (χ3v) is 51.9. The molecule has 0 saturated carbocycles. The average Bonchev–Trinajstić information content (AvgIpc) is 1.61. The molecule has 24 nitrogen and oxygen atoms in total. The standard InChI is InChI=1S/C74H137BF3N9O15Si6/c1-45-42-87-58(59(45)102-108(32,33)73(19,20)21)64(92)81-51(40-80-67(95)74(76,77)78)60(88)79-41-52(85-75-44-96-75)61(89)82-55(46(2)97-103(22,23)68(4,5)6)65(93)86-43-50(100-106(28,29)71(13,14)15)39-53(86)62(90)84-57(63(91)83-56(66(87)94)47(3)98-104(24,25)69(7,8)9)54(101-107(30,31)72(16,17)18)38-48-34-36-49(37-35-48)99-105(26,27)70(10,11)12/h34-37,45-47,50-59,85H,38-44H2,1-33H3,(H,79,88)(H,80,95)(H,81,92)(H,82,89)(H,83,91)(H,84,90)/t45-,46?,47?,50+,51-,52-,53-,54+,55-,56-,57-,58-,59-/m0/s1. The van der Waals surface area contributed by atoms with Crippen molar-refractivity contribution < 1.29 is 82.7 Å². The summed E-state index contributed by atoms with van der Waals surface area (Å²) in [6, 6.07) is -4.04. The molecule has 7 N–H and O–H groups in total. The molecule has 4 heterocycles. The molecule has 108 heavy (non-hydrogen) atoms. The number of halogens is 3. The van der Waals surface area contributed by atoms with E-state index in [0.29, 0.717) is 11.3 Å². The monoisotopic (exact) mass is 1630 g/mol. The lowest BCUT2D eigenvalue weighted by atomic mass is 9.94. The number of nitrogens with zero attached hydrogens (tertiary/aromatic N) is 2. The van der Waals surface area contributed by atoms with Crippen molar-refractivity contribution in [2.75, 3.05) is 32.7 Å². The second-order valence-electron chi connectivity index (χ2n) is 39.8. The smallest absolute Gasteiger partial charge is 0.471 e. The molecule has 4 aliphatic heterocycles. The maximum atomic E-state index is 16.8. The average molecular weight is 1630 g/mol. The van der Waals surface area contributed by atoms with Gasteiger partial charge in [0.15, 0.2) is 41.6 Å². The summed E-state index contributed by atoms with van der Waals surface area (Å²) in [6.45, 7) is 64.1. The lowest BCUT2D eigenvalue weighted by Crippen LogP contribution is -2.67. The first-order valence-electron chi connectivity index (χ1n) is 38.5. The van der Waals surface area contributed by atoms with Crippen LogP contribution in [-0.2, 0) is 71.6 Å². The van der Waals surface area contributed by atoms with Crippen molar-refractivity contribution in [1.29, 1.82) is 0 Å². The minimum Gasteiger partial charge on any atom is -0.544 e. The summed E-state index contributed by atoms with van der Waals surface area (Å²) in [7, 11) is -17.7. The van der Waals surface area contributed by atoms with Crippen molar-refractivity contribution in [3.8, 4) is 5.75 Å². The highest BCUT2D eigenvalue weighted by molar-refractivity contribution is 6.76. The molecule has 4 saturated heterocycles. The molecule has 4 aliphatic rings. The number of rotatable bonds is 21. The van der Waals surface area contributed by atoms with Gasteiger partial charge in [0.2, 0.25) is 49.7 Å². The molecule has 0 aromatic heterocycles. The van der Waals surface area contributed by atoms with Crippen LogP contribution in [0.1, 0.15) is 157 Å². The van der Waals surface area contributed by atoms with Crippen LogP contribution in [0.4, 0.5) is 13.2 Å². The number of hydrogen-bond acceptors (Lipinski definition) is 16. The first-order chi connectivity index (χ1) is 48.5. The molecule has 4 fully saturated rings. The minimum absolute atomic E-state index is 0.00165. The van der Waals surface area contributed by atoms with E-state index >= 15 is 28.8 Å². The van der Waals surface area contributed by atoms with Crippen LogP contribution in [0.2, 0.25) is 109 Å². The first-order valence-corrected chi connectivity index (χ1v) is 55.9. The van der Waals surface area contributed by atoms with E-state index in [1.165, 1.54) is 9.80 Å². The van der Waals surface area contributed by atoms with Gasteiger partial charge in [0.1, 0.15) is 42.0 Å². The molecule has 8 amide bonds. The van der Waals surface area contributed by atoms with Gasteiger partial charge in [-0.25, -0.2) is 0 Å². The van der Waals surface area contributed by atoms with Gasteiger partial charge in [0.05, 0.1) is 43.1 Å². The summed E-state index contributed by atoms with van der Waals surface area (Å²) in [5, 5.41) is 16.8. The Morgan fingerprint density at radius 1 is 0.556 bits per heavy atom. The molecule has 0 spiro atoms. The lowest BCUT2D eigenvalue weighted by Gasteiger charge is -2.43. The van der Waals surface area contributed by atoms with Gasteiger partial charge in [-0.2, -0.15) is 13.2 Å². The maximum Gasteiger partial charge on any atom is 0.471 e. The SMILES string of the molecule is CC(O[Si](C)(C)C(C)(C)C)[C@@H]1NC(=O)[C@H]([C@@H](Cc2ccc(O[Si](C)(C)C(C)(C)C)cc2)O[Si](C)(C)C(C)(C)C)NC(=O)[C@@H]2C[C@@H](O[Si](C)(C)C(C)(C)C)CN2C(=O)[C@H](C(C)O[Si](C)(C)C(C)(C)C)NC(=O)[C@@H](NB2CO2)CNC(=O)[C@H](CNC(=O)C(F)(F)F)NC(=O)[C@@H]2[C@@H](O[Si](C)(C)C(C)(C)C)[C@@H](C)CN2C1=O. The molecule has 616 valence electrons. The van der Waals surface area contributed by atoms with Crippen molar-refractivity contribution >= 4 is 104 Å². The highest BCUT2D eigenvalue weighted by Gasteiger charge is 2.57. The topological polar surface area (TPSA) is 295 Å². The fraction of sp³-hybridized carbons (Fsp3) is 0.811. The summed E-state index contributed by atoms with van der Waals surface area (Å²) in [4.78, 5) is 128. The van der Waals surface area contributed by atoms with Gasteiger partial charge in [-0.15, -0.1) is 0 Å². The Balaban J connectivity index is 1.96. The molecular weight excluding hydrogens is 1490 g/mol. The van der Waals surface area contributed by atoms with Crippen LogP contribution in [-0.4, -0.2) is 226 Å². The number of benzene rings is 1. The van der Waals surface area contributed by atoms with Crippen LogP contribution in [0.15, 0.2) is 24.3 Å². The van der Waals surface area contributed by atoms with Crippen molar-refractivity contribution in [3.05, 3.63) is 29.8 Å². The number of fused-ring (bicyclic) bond motifs is 2. The zero-order chi connectivity index (χ0) is 83.2. The number of carbonyl (C=O) groups is 8. The Kier molecular flexibility index (Phi) is 29.7. The maximum absolute atomic E-state index is 16.8. The van der Waals surface area contributed by atoms with Crippen LogP contribution in [0.5, 0.6) is 5.75 Å². The van der Waals surface area contributed by atoms with Crippen LogP contribution in [0, 0.1) is 5.92 Å². The van der Waals surface area contributed by atoms with E-state index in [0.717, 1.165) is 0 Å². The van der Waals surface area contributed by atoms with Crippen molar-refractivity contribution in [2.45, 2.75) is 346 Å². The van der Waals surface area contributed by atoms with Crippen molar-refractivity contribution in [2.24, 2.45) is 5.92 Å². The van der Waals surface area contributed by atoms with Gasteiger partial charge in [-0.3, -0.25) is 38.4 Å². The number of nitrogens with one attached hydrogen (secondary N) is 7. The first kappa shape index (κ1) is 94.3. The number of amides is 8. The summed E-state index contributed by atoms with van der Waals surface area (Å²) in [6.07, 6.45) is -11.0. The molecule has 1 aromatic carbocycles. The Labute approximate surface area is 650 Å². The van der Waals surface area contributed by atoms with Crippen LogP contribution in [0.25, 0.3) is 0 Å². The summed E-state index contributed by atoms with van der Waals surface area (Å²) in [5.74, 6) is -8.84. The van der Waals surface area contributed by atoms with Crippen molar-refractivity contribution in [1.82, 2.24) is 46.9 Å². The van der Waals surface area contributed by atoms with Gasteiger partial charge in [0, 0.05) is 38.5 Å². The van der Waals surface area contributed by atoms with E-state index in [4.69, 9.17) is 31.2 Å². The van der Waals surface area contributed by atoms with E-state index in [1.807, 2.05) is 160 Å². The van der Waals surface area contributed by atoms with E-state index in [2.05, 4.69) is 99.5 Å². The van der Waals surface area contributed by atoms with Crippen LogP contribution < -0.4 is 41.6 Å². The van der Waals surface area contributed by atoms with Gasteiger partial charge < -0.3 is 78.1 Å². The van der Waals surface area contributed by atoms with Crippen LogP contribution >= 0.6 is 0 Å². The predicted octanol–water partition coefficient (Wildman–Crippen LogP) is 10.8. The molecule has 13 atom stereocenters. The quantitative estimate of drug-likeness (QED) is 0.0445. The molecule has 34 heteroatoms. The number of alkyl halides is 3. The number of hydrogen-bond donors (Lipinski definition) is 7. The largest absolute Gasteiger partial charge is 0.544 e. The molecule has 1 aromatic rings. The number of carbonyl (C=O) groups excluding carboxylic acids is 8. The summed E-state index contributed by atoms with van der Waals surface area (Å²) >= 11 is 0. The normalized spacial score (nSPS) is 25.7. The molecular formula is C74H137BF3N9O15Si6. The van der Waals surface area contributed by atoms with E-state index in [-0.39, 0.29) is 42.5 Å². The highest BCUT2D eigenvalue weighted by atomic mass is 28.4. The van der Waals surface area contributed by atoms with E-state index < -0.39 is 222 Å². The Morgan fingerprint density at radius 2 is 0.991 bits per heavy atom. The molecule has 5 rings (SSSR count). The zero-order valence-corrected chi connectivity index (χ0v) is 77.5. The zero-order valence-electron chi connectivity index (χ0n) is 71.5. The lowest BCUT2D eigenvalue weighted by molar-refractivity contribution is -0.173. The highest BCUT2D eigenvalue weighted by Crippen LogP contribution is 2.45. The van der Waals surface area contributed by atoms with Crippen LogP contribution in [0.3, 0.4) is 0 Å². The Bertz CT molecular complexity index is 3370.